The maximum absolute atomic E-state index is 14.2. The molecule has 2 aromatic rings. The van der Waals surface area contributed by atoms with Crippen molar-refractivity contribution in [2.45, 2.75) is 19.9 Å². The minimum absolute atomic E-state index is 0.0681. The van der Waals surface area contributed by atoms with Crippen molar-refractivity contribution >= 4 is 11.6 Å². The second kappa shape index (κ2) is 6.33. The van der Waals surface area contributed by atoms with E-state index in [4.69, 9.17) is 11.6 Å². The average Bonchev–Trinajstić information content (AvgIpc) is 2.38. The molecule has 0 aliphatic carbocycles. The van der Waals surface area contributed by atoms with Gasteiger partial charge < -0.3 is 5.32 Å². The smallest absolute Gasteiger partial charge is 0.146 e. The van der Waals surface area contributed by atoms with Gasteiger partial charge in [-0.25, -0.2) is 8.78 Å². The van der Waals surface area contributed by atoms with Crippen LogP contribution in [0.2, 0.25) is 5.02 Å². The first-order valence-corrected chi connectivity index (χ1v) is 6.85. The summed E-state index contributed by atoms with van der Waals surface area (Å²) in [6, 6.07) is 9.14. The van der Waals surface area contributed by atoms with Gasteiger partial charge in [-0.05, 0) is 42.8 Å². The molecule has 0 bridgehead atoms. The van der Waals surface area contributed by atoms with Crippen LogP contribution < -0.4 is 5.32 Å². The van der Waals surface area contributed by atoms with Gasteiger partial charge >= 0.3 is 0 Å². The third-order valence-electron chi connectivity index (χ3n) is 3.10. The fourth-order valence-corrected chi connectivity index (χ4v) is 2.47. The van der Waals surface area contributed by atoms with Crippen LogP contribution in [-0.4, -0.2) is 6.54 Å². The van der Waals surface area contributed by atoms with Crippen LogP contribution in [0.3, 0.4) is 0 Å². The first-order chi connectivity index (χ1) is 9.52. The molecule has 0 fully saturated rings. The summed E-state index contributed by atoms with van der Waals surface area (Å²) in [5.74, 6) is -0.799. The van der Waals surface area contributed by atoms with Gasteiger partial charge in [0, 0.05) is 5.56 Å². The Kier molecular flexibility index (Phi) is 4.73. The van der Waals surface area contributed by atoms with Crippen LogP contribution in [0, 0.1) is 18.6 Å². The summed E-state index contributed by atoms with van der Waals surface area (Å²) in [4.78, 5) is 0. The number of nitrogens with one attached hydrogen (secondary N) is 1. The Bertz CT molecular complexity index is 593. The number of halogens is 3. The zero-order chi connectivity index (χ0) is 14.7. The van der Waals surface area contributed by atoms with Crippen LogP contribution in [0.5, 0.6) is 0 Å². The fourth-order valence-electron chi connectivity index (χ4n) is 2.29. The van der Waals surface area contributed by atoms with Gasteiger partial charge in [-0.2, -0.15) is 0 Å². The molecule has 0 radical (unpaired) electrons. The second-order valence-electron chi connectivity index (χ2n) is 4.70. The van der Waals surface area contributed by atoms with E-state index in [0.29, 0.717) is 17.7 Å². The first-order valence-electron chi connectivity index (χ1n) is 6.47. The van der Waals surface area contributed by atoms with Crippen LogP contribution in [0.1, 0.15) is 29.7 Å². The Morgan fingerprint density at radius 1 is 1.20 bits per heavy atom. The minimum atomic E-state index is -0.470. The third-order valence-corrected chi connectivity index (χ3v) is 3.39. The van der Waals surface area contributed by atoms with Crippen LogP contribution in [0.4, 0.5) is 8.78 Å². The molecule has 0 heterocycles. The van der Waals surface area contributed by atoms with E-state index in [-0.39, 0.29) is 10.8 Å². The van der Waals surface area contributed by atoms with E-state index in [0.717, 1.165) is 5.56 Å². The predicted molar refractivity (Wildman–Crippen MR) is 78.1 cm³/mol. The lowest BCUT2D eigenvalue weighted by molar-refractivity contribution is 0.554. The maximum atomic E-state index is 14.2. The molecular formula is C16H16ClF2N. The lowest BCUT2D eigenvalue weighted by Crippen LogP contribution is -2.23. The molecule has 1 N–H and O–H groups in total. The molecular weight excluding hydrogens is 280 g/mol. The fraction of sp³-hybridized carbons (Fsp3) is 0.250. The van der Waals surface area contributed by atoms with Crippen LogP contribution in [-0.2, 0) is 0 Å². The van der Waals surface area contributed by atoms with Gasteiger partial charge in [0.05, 0.1) is 11.1 Å². The predicted octanol–water partition coefficient (Wildman–Crippen LogP) is 4.63. The minimum Gasteiger partial charge on any atom is -0.306 e. The van der Waals surface area contributed by atoms with Crippen LogP contribution in [0.25, 0.3) is 0 Å². The first kappa shape index (κ1) is 14.9. The summed E-state index contributed by atoms with van der Waals surface area (Å²) in [5.41, 5.74) is 1.90. The van der Waals surface area contributed by atoms with E-state index in [1.54, 1.807) is 12.1 Å². The van der Waals surface area contributed by atoms with Gasteiger partial charge in [0.25, 0.3) is 0 Å². The molecule has 0 aliphatic rings. The molecule has 0 spiro atoms. The number of hydrogen-bond donors (Lipinski definition) is 1. The number of hydrogen-bond acceptors (Lipinski definition) is 1. The van der Waals surface area contributed by atoms with E-state index in [1.807, 2.05) is 19.9 Å². The van der Waals surface area contributed by atoms with Crippen molar-refractivity contribution < 1.29 is 8.78 Å². The summed E-state index contributed by atoms with van der Waals surface area (Å²) < 4.78 is 27.8. The Morgan fingerprint density at radius 2 is 1.95 bits per heavy atom. The van der Waals surface area contributed by atoms with Crippen molar-refractivity contribution in [1.29, 1.82) is 0 Å². The van der Waals surface area contributed by atoms with Crippen LogP contribution >= 0.6 is 11.6 Å². The average molecular weight is 296 g/mol. The zero-order valence-corrected chi connectivity index (χ0v) is 12.1. The molecule has 0 amide bonds. The standard InChI is InChI=1S/C16H16ClF2N/c1-3-20-16(11-7-10(2)8-12(18)9-11)13-5-4-6-14(17)15(13)19/h4-9,16,20H,3H2,1-2H3. The summed E-state index contributed by atoms with van der Waals surface area (Å²) in [5, 5.41) is 3.24. The van der Waals surface area contributed by atoms with Gasteiger partial charge in [-0.3, -0.25) is 0 Å². The quantitative estimate of drug-likeness (QED) is 0.867. The highest BCUT2D eigenvalue weighted by molar-refractivity contribution is 6.30. The molecule has 0 saturated carbocycles. The lowest BCUT2D eigenvalue weighted by Gasteiger charge is -2.20. The molecule has 106 valence electrons. The van der Waals surface area contributed by atoms with Gasteiger partial charge in [0.1, 0.15) is 11.6 Å². The molecule has 1 unspecified atom stereocenters. The number of rotatable bonds is 4. The Hall–Kier alpha value is -1.45. The van der Waals surface area contributed by atoms with Crippen molar-refractivity contribution in [3.05, 3.63) is 69.7 Å². The summed E-state index contributed by atoms with van der Waals surface area (Å²) in [6.07, 6.45) is 0. The monoisotopic (exact) mass is 295 g/mol. The molecule has 0 aromatic heterocycles. The third kappa shape index (κ3) is 3.17. The van der Waals surface area contributed by atoms with Gasteiger partial charge in [-0.15, -0.1) is 0 Å². The highest BCUT2D eigenvalue weighted by Crippen LogP contribution is 2.29. The largest absolute Gasteiger partial charge is 0.306 e. The van der Waals surface area contributed by atoms with E-state index >= 15 is 0 Å². The SMILES string of the molecule is CCNC(c1cc(C)cc(F)c1)c1cccc(Cl)c1F. The van der Waals surface area contributed by atoms with E-state index in [2.05, 4.69) is 5.32 Å². The topological polar surface area (TPSA) is 12.0 Å². The maximum Gasteiger partial charge on any atom is 0.146 e. The van der Waals surface area contributed by atoms with Crippen molar-refractivity contribution in [2.24, 2.45) is 0 Å². The Balaban J connectivity index is 2.53. The van der Waals surface area contributed by atoms with E-state index in [9.17, 15) is 8.78 Å². The highest BCUT2D eigenvalue weighted by atomic mass is 35.5. The van der Waals surface area contributed by atoms with Crippen LogP contribution in [0.15, 0.2) is 36.4 Å². The highest BCUT2D eigenvalue weighted by Gasteiger charge is 2.19. The van der Waals surface area contributed by atoms with Crippen molar-refractivity contribution in [3.8, 4) is 0 Å². The van der Waals surface area contributed by atoms with Crippen molar-refractivity contribution in [3.63, 3.8) is 0 Å². The molecule has 1 atom stereocenters. The molecule has 0 saturated heterocycles. The van der Waals surface area contributed by atoms with Crippen molar-refractivity contribution in [1.82, 2.24) is 5.32 Å². The normalized spacial score (nSPS) is 12.4. The molecule has 2 aromatic carbocycles. The van der Waals surface area contributed by atoms with Gasteiger partial charge in [-0.1, -0.05) is 36.7 Å². The number of aryl methyl sites for hydroxylation is 1. The lowest BCUT2D eigenvalue weighted by atomic mass is 9.96. The summed E-state index contributed by atoms with van der Waals surface area (Å²) in [7, 11) is 0. The molecule has 0 aliphatic heterocycles. The second-order valence-corrected chi connectivity index (χ2v) is 5.10. The number of benzene rings is 2. The van der Waals surface area contributed by atoms with Gasteiger partial charge in [0.15, 0.2) is 0 Å². The zero-order valence-electron chi connectivity index (χ0n) is 11.4. The van der Waals surface area contributed by atoms with Crippen molar-refractivity contribution in [2.75, 3.05) is 6.54 Å². The molecule has 2 rings (SSSR count). The molecule has 1 nitrogen and oxygen atoms in total. The summed E-state index contributed by atoms with van der Waals surface area (Å²) >= 11 is 5.83. The molecule has 20 heavy (non-hydrogen) atoms. The molecule has 4 heteroatoms. The van der Waals surface area contributed by atoms with Gasteiger partial charge in [0.2, 0.25) is 0 Å². The van der Waals surface area contributed by atoms with E-state index in [1.165, 1.54) is 18.2 Å². The Labute approximate surface area is 122 Å². The summed E-state index contributed by atoms with van der Waals surface area (Å²) in [6.45, 7) is 4.36. The van der Waals surface area contributed by atoms with E-state index < -0.39 is 11.9 Å². The Morgan fingerprint density at radius 3 is 2.60 bits per heavy atom.